The monoisotopic (exact) mass is 296 g/mol. The molecule has 0 rings (SSSR count). The van der Waals surface area contributed by atoms with Crippen LogP contribution in [0.1, 0.15) is 55.4 Å². The van der Waals surface area contributed by atoms with Crippen LogP contribution in [0, 0.1) is 21.9 Å². The van der Waals surface area contributed by atoms with E-state index in [1.54, 1.807) is 0 Å². The average molecular weight is 297 g/mol. The van der Waals surface area contributed by atoms with Gasteiger partial charge in [0.2, 0.25) is 0 Å². The molecule has 0 radical (unpaired) electrons. The third-order valence-corrected chi connectivity index (χ3v) is 14.6. The van der Waals surface area contributed by atoms with Gasteiger partial charge in [-0.15, -0.1) is 0 Å². The van der Waals surface area contributed by atoms with Gasteiger partial charge in [0, 0.05) is 0 Å². The molecule has 5 heteroatoms. The summed E-state index contributed by atoms with van der Waals surface area (Å²) in [6.07, 6.45) is 0. The summed E-state index contributed by atoms with van der Waals surface area (Å²) in [5.41, 5.74) is 5.76. The number of hydrogen-bond donors (Lipinski definition) is 0. The predicted molar refractivity (Wildman–Crippen MR) is 84.2 cm³/mol. The summed E-state index contributed by atoms with van der Waals surface area (Å²) < 4.78 is 6.53. The van der Waals surface area contributed by atoms with Crippen molar-refractivity contribution in [2.75, 3.05) is 0 Å². The first-order valence-corrected chi connectivity index (χ1v) is 11.3. The molecule has 0 saturated carbocycles. The number of nitrogens with zero attached hydrogens (tertiary/aromatic N) is 2. The second kappa shape index (κ2) is 6.70. The Morgan fingerprint density at radius 2 is 1.00 bits per heavy atom. The molecule has 108 valence electrons. The minimum absolute atomic E-state index is 0.00521. The second-order valence-corrected chi connectivity index (χ2v) is 15.6. The van der Waals surface area contributed by atoms with E-state index >= 15 is 0 Å². The van der Waals surface area contributed by atoms with Gasteiger partial charge in [0.25, 0.3) is 0 Å². The van der Waals surface area contributed by atoms with Crippen LogP contribution in [0.4, 0.5) is 0 Å². The zero-order chi connectivity index (χ0) is 15.4. The number of hydrogen-bond acceptors (Lipinski definition) is 3. The maximum absolute atomic E-state index is 9.54. The van der Waals surface area contributed by atoms with Gasteiger partial charge in [-0.1, -0.05) is 55.4 Å². The minimum Gasteiger partial charge on any atom is -0.434 e. The van der Waals surface area contributed by atoms with Gasteiger partial charge in [0.15, 0.2) is 8.32 Å². The van der Waals surface area contributed by atoms with Crippen molar-refractivity contribution in [2.24, 2.45) is 0 Å². The summed E-state index contributed by atoms with van der Waals surface area (Å²) in [5.74, 6) is 0. The summed E-state index contributed by atoms with van der Waals surface area (Å²) in [5, 5.41) is 19.1. The molecule has 0 saturated heterocycles. The molecule has 0 spiro atoms. The molecule has 0 bridgehead atoms. The first-order valence-electron chi connectivity index (χ1n) is 7.13. The van der Waals surface area contributed by atoms with E-state index < -0.39 is 16.6 Å². The van der Waals surface area contributed by atoms with Crippen LogP contribution in [0.25, 0.3) is 0 Å². The van der Waals surface area contributed by atoms with Crippen molar-refractivity contribution in [1.82, 2.24) is 0 Å². The molecule has 0 aromatic carbocycles. The van der Waals surface area contributed by atoms with Crippen LogP contribution < -0.4 is 0 Å². The van der Waals surface area contributed by atoms with Gasteiger partial charge in [-0.2, -0.15) is 0 Å². The van der Waals surface area contributed by atoms with Crippen LogP contribution >= 0.6 is 0 Å². The van der Waals surface area contributed by atoms with Crippen LogP contribution in [-0.2, 0) is 4.12 Å². The minimum atomic E-state index is -2.97. The first-order chi connectivity index (χ1) is 8.60. The fourth-order valence-electron chi connectivity index (χ4n) is 3.08. The van der Waals surface area contributed by atoms with E-state index in [9.17, 15) is 10.5 Å². The van der Waals surface area contributed by atoms with Crippen molar-refractivity contribution in [3.05, 3.63) is 0 Å². The van der Waals surface area contributed by atoms with Crippen molar-refractivity contribution in [2.45, 2.75) is 77.6 Å². The van der Waals surface area contributed by atoms with E-state index in [-0.39, 0.29) is 5.54 Å². The lowest BCUT2D eigenvalue weighted by Gasteiger charge is -2.46. The lowest BCUT2D eigenvalue weighted by molar-refractivity contribution is 0.474. The quantitative estimate of drug-likeness (QED) is 0.670. The third kappa shape index (κ3) is 3.28. The molecular weight excluding hydrogens is 268 g/mol. The van der Waals surface area contributed by atoms with Crippen molar-refractivity contribution < 1.29 is 4.12 Å². The van der Waals surface area contributed by atoms with E-state index in [1.807, 2.05) is 13.8 Å². The molecule has 0 fully saturated rings. The van der Waals surface area contributed by atoms with Crippen molar-refractivity contribution in [3.63, 3.8) is 0 Å². The van der Waals surface area contributed by atoms with Crippen LogP contribution in [0.5, 0.6) is 0 Å². The Labute approximate surface area is 120 Å². The van der Waals surface area contributed by atoms with E-state index in [4.69, 9.17) is 4.12 Å². The lowest BCUT2D eigenvalue weighted by atomic mass is 10.5. The maximum atomic E-state index is 9.54. The highest BCUT2D eigenvalue weighted by Crippen LogP contribution is 2.45. The summed E-state index contributed by atoms with van der Waals surface area (Å²) >= 11 is 0. The van der Waals surface area contributed by atoms with Gasteiger partial charge in [0.05, 0.1) is 11.4 Å². The molecule has 0 amide bonds. The summed E-state index contributed by atoms with van der Waals surface area (Å²) in [4.78, 5) is 0. The van der Waals surface area contributed by atoms with Crippen LogP contribution in [0.15, 0.2) is 0 Å². The van der Waals surface area contributed by atoms with Crippen LogP contribution in [0.3, 0.4) is 0 Å². The van der Waals surface area contributed by atoms with E-state index in [0.29, 0.717) is 16.6 Å². The number of nitriles is 2. The Hall–Kier alpha value is -0.626. The molecule has 0 unspecified atom stereocenters. The normalized spacial score (nSPS) is 13.2. The highest BCUT2D eigenvalue weighted by molar-refractivity contribution is 6.97. The molecule has 0 aliphatic heterocycles. The third-order valence-electron chi connectivity index (χ3n) is 4.19. The molecule has 0 N–H and O–H groups in total. The fraction of sp³-hybridized carbons (Fsp3) is 0.857. The Kier molecular flexibility index (Phi) is 6.48. The molecule has 0 aromatic rings. The largest absolute Gasteiger partial charge is 0.434 e. The molecular formula is C14H28N2OSi2. The van der Waals surface area contributed by atoms with Crippen molar-refractivity contribution >= 4 is 16.6 Å². The molecule has 0 aliphatic carbocycles. The summed E-state index contributed by atoms with van der Waals surface area (Å²) in [7, 11) is -5.12. The number of rotatable bonds is 6. The standard InChI is InChI=1S/C14H28N2OSi2/c1-11(2)18(9-15,10-16)17-19(12(3)4,13(5)6)14(7)8/h11-14H,1-8H3. The fourth-order valence-corrected chi connectivity index (χ4v) is 14.0. The van der Waals surface area contributed by atoms with Crippen molar-refractivity contribution in [3.8, 4) is 11.4 Å². The van der Waals surface area contributed by atoms with E-state index in [2.05, 4.69) is 52.9 Å². The summed E-state index contributed by atoms with van der Waals surface area (Å²) in [6, 6.07) is 0. The van der Waals surface area contributed by atoms with E-state index in [0.717, 1.165) is 0 Å². The molecule has 0 aliphatic rings. The maximum Gasteiger partial charge on any atom is 0.407 e. The Morgan fingerprint density at radius 1 is 0.684 bits per heavy atom. The predicted octanol–water partition coefficient (Wildman–Crippen LogP) is 4.66. The van der Waals surface area contributed by atoms with Gasteiger partial charge in [-0.05, 0) is 22.2 Å². The highest BCUT2D eigenvalue weighted by atomic mass is 28.4. The van der Waals surface area contributed by atoms with Gasteiger partial charge < -0.3 is 4.12 Å². The zero-order valence-corrected chi connectivity index (χ0v) is 15.6. The highest BCUT2D eigenvalue weighted by Gasteiger charge is 2.54. The molecule has 3 nitrogen and oxygen atoms in total. The van der Waals surface area contributed by atoms with Crippen LogP contribution in [-0.4, -0.2) is 16.6 Å². The van der Waals surface area contributed by atoms with Gasteiger partial charge in [-0.3, -0.25) is 0 Å². The topological polar surface area (TPSA) is 56.8 Å². The lowest BCUT2D eigenvalue weighted by Crippen LogP contribution is -2.57. The molecule has 0 atom stereocenters. The van der Waals surface area contributed by atoms with Crippen LogP contribution in [0.2, 0.25) is 22.2 Å². The molecule has 0 heterocycles. The zero-order valence-electron chi connectivity index (χ0n) is 13.6. The Bertz CT molecular complexity index is 342. The van der Waals surface area contributed by atoms with E-state index in [1.165, 1.54) is 0 Å². The average Bonchev–Trinajstić information content (AvgIpc) is 2.29. The van der Waals surface area contributed by atoms with Crippen molar-refractivity contribution in [1.29, 1.82) is 10.5 Å². The Morgan fingerprint density at radius 3 is 1.16 bits per heavy atom. The second-order valence-electron chi connectivity index (χ2n) is 6.53. The smallest absolute Gasteiger partial charge is 0.407 e. The molecule has 19 heavy (non-hydrogen) atoms. The van der Waals surface area contributed by atoms with Gasteiger partial charge in [0.1, 0.15) is 0 Å². The molecule has 0 aromatic heterocycles. The van der Waals surface area contributed by atoms with Gasteiger partial charge >= 0.3 is 8.32 Å². The first kappa shape index (κ1) is 18.4. The SMILES string of the molecule is CC(C)[Si](C#N)(C#N)O[Si](C(C)C)(C(C)C)C(C)C. The Balaban J connectivity index is 5.83. The van der Waals surface area contributed by atoms with Gasteiger partial charge in [-0.25, -0.2) is 10.5 Å². The summed E-state index contributed by atoms with van der Waals surface area (Å²) in [6.45, 7) is 17.0.